The molecule has 0 aromatic rings. The van der Waals surface area contributed by atoms with Gasteiger partial charge in [0, 0.05) is 12.6 Å². The summed E-state index contributed by atoms with van der Waals surface area (Å²) < 4.78 is 0. The van der Waals surface area contributed by atoms with Gasteiger partial charge in [0.2, 0.25) is 5.91 Å². The molecule has 1 aliphatic heterocycles. The van der Waals surface area contributed by atoms with Gasteiger partial charge in [-0.05, 0) is 32.2 Å². The summed E-state index contributed by atoms with van der Waals surface area (Å²) in [7, 11) is 0. The van der Waals surface area contributed by atoms with Crippen LogP contribution in [0.2, 0.25) is 0 Å². The van der Waals surface area contributed by atoms with Crippen molar-refractivity contribution in [1.82, 2.24) is 20.9 Å². The Labute approximate surface area is 149 Å². The number of imide groups is 1. The first-order chi connectivity index (χ1) is 10.9. The van der Waals surface area contributed by atoms with Crippen LogP contribution in [0.1, 0.15) is 46.5 Å². The van der Waals surface area contributed by atoms with Crippen LogP contribution in [0.15, 0.2) is 0 Å². The molecular formula is C16H29ClN4O3. The molecule has 7 nitrogen and oxygen atoms in total. The monoisotopic (exact) mass is 360 g/mol. The lowest BCUT2D eigenvalue weighted by Gasteiger charge is -2.36. The summed E-state index contributed by atoms with van der Waals surface area (Å²) in [6.07, 6.45) is 3.59. The van der Waals surface area contributed by atoms with Gasteiger partial charge >= 0.3 is 6.03 Å². The molecule has 2 fully saturated rings. The molecule has 1 saturated carbocycles. The van der Waals surface area contributed by atoms with Crippen LogP contribution in [0, 0.1) is 5.92 Å². The Morgan fingerprint density at radius 2 is 2.12 bits per heavy atom. The van der Waals surface area contributed by atoms with Crippen molar-refractivity contribution in [2.75, 3.05) is 19.6 Å². The topological polar surface area (TPSA) is 90.5 Å². The minimum Gasteiger partial charge on any atom is -0.353 e. The maximum absolute atomic E-state index is 12.7. The molecule has 0 radical (unpaired) electrons. The van der Waals surface area contributed by atoms with E-state index in [1.165, 1.54) is 0 Å². The van der Waals surface area contributed by atoms with Gasteiger partial charge in [0.05, 0.1) is 0 Å². The lowest BCUT2D eigenvalue weighted by molar-refractivity contribution is -0.137. The number of halogens is 1. The molecule has 2 aliphatic rings. The van der Waals surface area contributed by atoms with Gasteiger partial charge in [-0.3, -0.25) is 14.5 Å². The van der Waals surface area contributed by atoms with Crippen LogP contribution in [0.3, 0.4) is 0 Å². The summed E-state index contributed by atoms with van der Waals surface area (Å²) in [6, 6.07) is -0.296. The Bertz CT molecular complexity index is 488. The SMILES string of the molecule is CCN[C@H](C)CNC(=O)CN1C(=O)NC2(CCCCC2C)C1=O.Cl. The van der Waals surface area contributed by atoms with Crippen LogP contribution in [-0.2, 0) is 9.59 Å². The quantitative estimate of drug-likeness (QED) is 0.617. The Kier molecular flexibility index (Phi) is 7.48. The molecule has 1 saturated heterocycles. The highest BCUT2D eigenvalue weighted by Crippen LogP contribution is 2.38. The van der Waals surface area contributed by atoms with Crippen LogP contribution in [0.5, 0.6) is 0 Å². The molecule has 0 aromatic heterocycles. The zero-order valence-corrected chi connectivity index (χ0v) is 15.5. The highest BCUT2D eigenvalue weighted by molar-refractivity contribution is 6.09. The zero-order valence-electron chi connectivity index (χ0n) is 14.7. The Hall–Kier alpha value is -1.34. The molecule has 138 valence electrons. The molecule has 2 rings (SSSR count). The summed E-state index contributed by atoms with van der Waals surface area (Å²) in [5, 5.41) is 8.81. The molecule has 24 heavy (non-hydrogen) atoms. The van der Waals surface area contributed by atoms with Crippen LogP contribution >= 0.6 is 12.4 Å². The second kappa shape index (κ2) is 8.67. The molecule has 4 amide bonds. The maximum atomic E-state index is 12.7. The van der Waals surface area contributed by atoms with Crippen LogP contribution < -0.4 is 16.0 Å². The lowest BCUT2D eigenvalue weighted by atomic mass is 9.73. The third-order valence-corrected chi connectivity index (χ3v) is 4.96. The Morgan fingerprint density at radius 1 is 1.42 bits per heavy atom. The van der Waals surface area contributed by atoms with Gasteiger partial charge in [0.15, 0.2) is 0 Å². The minimum atomic E-state index is -0.799. The summed E-state index contributed by atoms with van der Waals surface area (Å²) in [5.41, 5.74) is -0.799. The second-order valence-electron chi connectivity index (χ2n) is 6.70. The summed E-state index contributed by atoms with van der Waals surface area (Å²) in [6.45, 7) is 7.05. The van der Waals surface area contributed by atoms with E-state index in [0.29, 0.717) is 13.0 Å². The summed E-state index contributed by atoms with van der Waals surface area (Å²) in [4.78, 5) is 38.0. The molecular weight excluding hydrogens is 332 g/mol. The van der Waals surface area contributed by atoms with Gasteiger partial charge in [0.1, 0.15) is 12.1 Å². The van der Waals surface area contributed by atoms with Gasteiger partial charge in [0.25, 0.3) is 5.91 Å². The number of carbonyl (C=O) groups excluding carboxylic acids is 3. The average molecular weight is 361 g/mol. The van der Waals surface area contributed by atoms with Crippen LogP contribution in [-0.4, -0.2) is 54.0 Å². The number of rotatable bonds is 6. The zero-order chi connectivity index (χ0) is 17.0. The standard InChI is InChI=1S/C16H28N4O3.ClH/c1-4-17-12(3)9-18-13(21)10-20-14(22)16(19-15(20)23)8-6-5-7-11(16)2;/h11-12,17H,4-10H2,1-3H3,(H,18,21)(H,19,23);1H/t11?,12-,16?;/m1./s1. The van der Waals surface area contributed by atoms with E-state index < -0.39 is 11.6 Å². The van der Waals surface area contributed by atoms with Gasteiger partial charge < -0.3 is 16.0 Å². The largest absolute Gasteiger partial charge is 0.353 e. The van der Waals surface area contributed by atoms with E-state index in [2.05, 4.69) is 16.0 Å². The van der Waals surface area contributed by atoms with E-state index in [9.17, 15) is 14.4 Å². The molecule has 1 aliphatic carbocycles. The highest BCUT2D eigenvalue weighted by atomic mass is 35.5. The van der Waals surface area contributed by atoms with Crippen molar-refractivity contribution >= 4 is 30.3 Å². The number of carbonyl (C=O) groups is 3. The molecule has 8 heteroatoms. The first-order valence-electron chi connectivity index (χ1n) is 8.55. The second-order valence-corrected chi connectivity index (χ2v) is 6.70. The number of nitrogens with one attached hydrogen (secondary N) is 3. The van der Waals surface area contributed by atoms with Crippen LogP contribution in [0.4, 0.5) is 4.79 Å². The number of amides is 4. The fourth-order valence-corrected chi connectivity index (χ4v) is 3.53. The van der Waals surface area contributed by atoms with Crippen molar-refractivity contribution in [2.45, 2.75) is 58.0 Å². The van der Waals surface area contributed by atoms with Crippen LogP contribution in [0.25, 0.3) is 0 Å². The van der Waals surface area contributed by atoms with Crippen molar-refractivity contribution in [1.29, 1.82) is 0 Å². The fourth-order valence-electron chi connectivity index (χ4n) is 3.53. The normalized spacial score (nSPS) is 27.6. The predicted molar refractivity (Wildman–Crippen MR) is 94.0 cm³/mol. The average Bonchev–Trinajstić information content (AvgIpc) is 2.74. The van der Waals surface area contributed by atoms with Crippen molar-refractivity contribution in [2.24, 2.45) is 5.92 Å². The molecule has 0 aromatic carbocycles. The molecule has 3 N–H and O–H groups in total. The molecule has 3 atom stereocenters. The third kappa shape index (κ3) is 4.19. The van der Waals surface area contributed by atoms with E-state index in [0.717, 1.165) is 30.7 Å². The number of hydrogen-bond acceptors (Lipinski definition) is 4. The molecule has 0 bridgehead atoms. The summed E-state index contributed by atoms with van der Waals surface area (Å²) >= 11 is 0. The number of hydrogen-bond donors (Lipinski definition) is 3. The van der Waals surface area contributed by atoms with Crippen molar-refractivity contribution in [3.05, 3.63) is 0 Å². The van der Waals surface area contributed by atoms with Crippen molar-refractivity contribution in [3.8, 4) is 0 Å². The Morgan fingerprint density at radius 3 is 2.75 bits per heavy atom. The lowest BCUT2D eigenvalue weighted by Crippen LogP contribution is -2.54. The van der Waals surface area contributed by atoms with Crippen molar-refractivity contribution in [3.63, 3.8) is 0 Å². The number of nitrogens with zero attached hydrogens (tertiary/aromatic N) is 1. The van der Waals surface area contributed by atoms with E-state index in [1.54, 1.807) is 0 Å². The van der Waals surface area contributed by atoms with Gasteiger partial charge in [-0.25, -0.2) is 4.79 Å². The van der Waals surface area contributed by atoms with E-state index in [-0.39, 0.29) is 42.7 Å². The molecule has 1 spiro atoms. The smallest absolute Gasteiger partial charge is 0.325 e. The number of likely N-dealkylation sites (N-methyl/N-ethyl adjacent to an activating group) is 1. The first-order valence-corrected chi connectivity index (χ1v) is 8.55. The molecule has 2 unspecified atom stereocenters. The fraction of sp³-hybridized carbons (Fsp3) is 0.812. The predicted octanol–water partition coefficient (Wildman–Crippen LogP) is 1.02. The highest BCUT2D eigenvalue weighted by Gasteiger charge is 2.55. The third-order valence-electron chi connectivity index (χ3n) is 4.96. The van der Waals surface area contributed by atoms with Gasteiger partial charge in [-0.1, -0.05) is 26.7 Å². The Balaban J connectivity index is 0.00000288. The van der Waals surface area contributed by atoms with E-state index in [4.69, 9.17) is 0 Å². The van der Waals surface area contributed by atoms with Crippen molar-refractivity contribution < 1.29 is 14.4 Å². The molecule has 1 heterocycles. The summed E-state index contributed by atoms with van der Waals surface area (Å²) in [5.74, 6) is -0.446. The van der Waals surface area contributed by atoms with E-state index >= 15 is 0 Å². The van der Waals surface area contributed by atoms with E-state index in [1.807, 2.05) is 20.8 Å². The van der Waals surface area contributed by atoms with Gasteiger partial charge in [-0.2, -0.15) is 0 Å². The van der Waals surface area contributed by atoms with Gasteiger partial charge in [-0.15, -0.1) is 12.4 Å². The number of urea groups is 1. The first kappa shape index (κ1) is 20.7. The minimum absolute atomic E-state index is 0. The maximum Gasteiger partial charge on any atom is 0.325 e.